The number of benzene rings is 1. The molecule has 0 bridgehead atoms. The molecule has 1 aliphatic carbocycles. The molecule has 1 aliphatic heterocycles. The van der Waals surface area contributed by atoms with Gasteiger partial charge in [0.05, 0.1) is 17.8 Å². The molecule has 5 rings (SSSR count). The van der Waals surface area contributed by atoms with E-state index in [2.05, 4.69) is 63.2 Å². The predicted molar refractivity (Wildman–Crippen MR) is 106 cm³/mol. The van der Waals surface area contributed by atoms with E-state index in [0.29, 0.717) is 12.3 Å². The highest BCUT2D eigenvalue weighted by Gasteiger charge is 2.37. The molecule has 1 aromatic carbocycles. The van der Waals surface area contributed by atoms with Crippen LogP contribution in [0, 0.1) is 0 Å². The zero-order chi connectivity index (χ0) is 18.2. The molecule has 2 aliphatic rings. The third-order valence-electron chi connectivity index (χ3n) is 5.76. The number of aliphatic hydroxyl groups excluding tert-OH is 1. The molecule has 2 fully saturated rings. The Hall–Kier alpha value is -2.02. The highest BCUT2D eigenvalue weighted by Crippen LogP contribution is 2.40. The average Bonchev–Trinajstić information content (AvgIpc) is 3.20. The first-order valence-electron chi connectivity index (χ1n) is 9.69. The lowest BCUT2D eigenvalue weighted by molar-refractivity contribution is -0.0105. The van der Waals surface area contributed by atoms with Crippen LogP contribution in [0.1, 0.15) is 53.4 Å². The van der Waals surface area contributed by atoms with Crippen molar-refractivity contribution in [3.05, 3.63) is 70.2 Å². The second-order valence-corrected chi connectivity index (χ2v) is 8.74. The van der Waals surface area contributed by atoms with Crippen LogP contribution in [0.3, 0.4) is 0 Å². The SMILES string of the molecule is O[C@H]1C[C@H](c2ccccc2)N(Cc2cccs2)C[C@H]1n1cc(C2CC2)nn1. The number of thiophene rings is 1. The van der Waals surface area contributed by atoms with E-state index in [1.54, 1.807) is 11.3 Å². The van der Waals surface area contributed by atoms with Crippen molar-refractivity contribution in [2.24, 2.45) is 0 Å². The number of piperidine rings is 1. The summed E-state index contributed by atoms with van der Waals surface area (Å²) < 4.78 is 1.90. The fourth-order valence-corrected chi connectivity index (χ4v) is 4.83. The van der Waals surface area contributed by atoms with Gasteiger partial charge in [0.2, 0.25) is 0 Å². The molecule has 140 valence electrons. The Morgan fingerprint density at radius 1 is 1.11 bits per heavy atom. The van der Waals surface area contributed by atoms with Crippen LogP contribution < -0.4 is 0 Å². The van der Waals surface area contributed by atoms with Gasteiger partial charge in [0.1, 0.15) is 0 Å². The summed E-state index contributed by atoms with van der Waals surface area (Å²) in [5.74, 6) is 0.582. The Bertz CT molecular complexity index is 875. The Kier molecular flexibility index (Phi) is 4.55. The van der Waals surface area contributed by atoms with Gasteiger partial charge in [0, 0.05) is 36.1 Å². The Morgan fingerprint density at radius 3 is 2.70 bits per heavy atom. The van der Waals surface area contributed by atoms with Gasteiger partial charge < -0.3 is 5.11 Å². The first-order chi connectivity index (χ1) is 13.3. The van der Waals surface area contributed by atoms with E-state index in [1.165, 1.54) is 23.3 Å². The zero-order valence-electron chi connectivity index (χ0n) is 15.2. The summed E-state index contributed by atoms with van der Waals surface area (Å²) >= 11 is 1.79. The highest BCUT2D eigenvalue weighted by atomic mass is 32.1. The van der Waals surface area contributed by atoms with Crippen LogP contribution in [0.5, 0.6) is 0 Å². The lowest BCUT2D eigenvalue weighted by atomic mass is 9.90. The maximum absolute atomic E-state index is 10.9. The Morgan fingerprint density at radius 2 is 1.96 bits per heavy atom. The van der Waals surface area contributed by atoms with Gasteiger partial charge >= 0.3 is 0 Å². The third-order valence-corrected chi connectivity index (χ3v) is 6.62. The Labute approximate surface area is 163 Å². The molecule has 0 spiro atoms. The van der Waals surface area contributed by atoms with Crippen LogP contribution in [0.4, 0.5) is 0 Å². The minimum absolute atomic E-state index is 0.0510. The van der Waals surface area contributed by atoms with Gasteiger partial charge in [0.25, 0.3) is 0 Å². The van der Waals surface area contributed by atoms with Gasteiger partial charge in [-0.25, -0.2) is 4.68 Å². The molecular formula is C21H24N4OS. The first-order valence-corrected chi connectivity index (χ1v) is 10.6. The zero-order valence-corrected chi connectivity index (χ0v) is 16.0. The monoisotopic (exact) mass is 380 g/mol. The van der Waals surface area contributed by atoms with Gasteiger partial charge in [-0.05, 0) is 36.3 Å². The molecule has 6 heteroatoms. The molecule has 5 nitrogen and oxygen atoms in total. The van der Waals surface area contributed by atoms with E-state index in [-0.39, 0.29) is 12.1 Å². The molecule has 3 heterocycles. The minimum atomic E-state index is -0.427. The molecule has 0 unspecified atom stereocenters. The van der Waals surface area contributed by atoms with Crippen molar-refractivity contribution in [2.75, 3.05) is 6.54 Å². The molecule has 1 saturated heterocycles. The normalized spacial score (nSPS) is 26.3. The van der Waals surface area contributed by atoms with Crippen LogP contribution in [-0.4, -0.2) is 37.6 Å². The van der Waals surface area contributed by atoms with Gasteiger partial charge in [-0.1, -0.05) is 41.6 Å². The number of rotatable bonds is 5. The predicted octanol–water partition coefficient (Wildman–Crippen LogP) is 3.77. The smallest absolute Gasteiger partial charge is 0.0923 e. The summed E-state index contributed by atoms with van der Waals surface area (Å²) in [6.45, 7) is 1.66. The van der Waals surface area contributed by atoms with Gasteiger partial charge in [-0.15, -0.1) is 16.4 Å². The fraction of sp³-hybridized carbons (Fsp3) is 0.429. The van der Waals surface area contributed by atoms with Crippen LogP contribution in [0.25, 0.3) is 0 Å². The molecular weight excluding hydrogens is 356 g/mol. The summed E-state index contributed by atoms with van der Waals surface area (Å²) in [5, 5.41) is 21.8. The van der Waals surface area contributed by atoms with E-state index in [0.717, 1.165) is 18.8 Å². The maximum Gasteiger partial charge on any atom is 0.0923 e. The highest BCUT2D eigenvalue weighted by molar-refractivity contribution is 7.09. The van der Waals surface area contributed by atoms with E-state index in [1.807, 2.05) is 10.7 Å². The van der Waals surface area contributed by atoms with Crippen molar-refractivity contribution in [3.63, 3.8) is 0 Å². The topological polar surface area (TPSA) is 54.2 Å². The molecule has 3 atom stereocenters. The molecule has 27 heavy (non-hydrogen) atoms. The van der Waals surface area contributed by atoms with Gasteiger partial charge in [-0.3, -0.25) is 4.90 Å². The summed E-state index contributed by atoms with van der Waals surface area (Å²) in [4.78, 5) is 3.83. The number of aliphatic hydroxyl groups is 1. The number of hydrogen-bond donors (Lipinski definition) is 1. The number of aromatic nitrogens is 3. The Balaban J connectivity index is 1.42. The second-order valence-electron chi connectivity index (χ2n) is 7.70. The quantitative estimate of drug-likeness (QED) is 0.732. The minimum Gasteiger partial charge on any atom is -0.391 e. The van der Waals surface area contributed by atoms with Crippen LogP contribution in [0.15, 0.2) is 54.0 Å². The van der Waals surface area contributed by atoms with Crippen molar-refractivity contribution < 1.29 is 5.11 Å². The summed E-state index contributed by atoms with van der Waals surface area (Å²) in [6.07, 6.45) is 4.76. The molecule has 0 radical (unpaired) electrons. The van der Waals surface area contributed by atoms with Crippen molar-refractivity contribution in [2.45, 2.75) is 49.9 Å². The van der Waals surface area contributed by atoms with E-state index in [9.17, 15) is 5.11 Å². The summed E-state index contributed by atoms with van der Waals surface area (Å²) in [6, 6.07) is 15.0. The van der Waals surface area contributed by atoms with Crippen LogP contribution in [0.2, 0.25) is 0 Å². The third kappa shape index (κ3) is 3.57. The van der Waals surface area contributed by atoms with E-state index in [4.69, 9.17) is 0 Å². The van der Waals surface area contributed by atoms with Crippen molar-refractivity contribution in [1.82, 2.24) is 19.9 Å². The first kappa shape index (κ1) is 17.1. The summed E-state index contributed by atoms with van der Waals surface area (Å²) in [7, 11) is 0. The van der Waals surface area contributed by atoms with Crippen molar-refractivity contribution >= 4 is 11.3 Å². The standard InChI is InChI=1S/C21H24N4OS/c26-21-11-19(16-5-2-1-3-6-16)24(12-17-7-4-10-27-17)14-20(21)25-13-18(22-23-25)15-8-9-15/h1-7,10,13,15,19-21,26H,8-9,11-12,14H2/t19-,20-,21+/m1/s1. The lowest BCUT2D eigenvalue weighted by Gasteiger charge is -2.42. The van der Waals surface area contributed by atoms with Crippen LogP contribution in [-0.2, 0) is 6.54 Å². The molecule has 1 N–H and O–H groups in total. The summed E-state index contributed by atoms with van der Waals surface area (Å²) in [5.41, 5.74) is 2.35. The van der Waals surface area contributed by atoms with E-state index < -0.39 is 6.10 Å². The van der Waals surface area contributed by atoms with Gasteiger partial charge in [-0.2, -0.15) is 0 Å². The number of nitrogens with zero attached hydrogens (tertiary/aromatic N) is 4. The average molecular weight is 381 g/mol. The van der Waals surface area contributed by atoms with Crippen molar-refractivity contribution in [3.8, 4) is 0 Å². The second kappa shape index (κ2) is 7.19. The number of likely N-dealkylation sites (tertiary alicyclic amines) is 1. The molecule has 3 aromatic rings. The van der Waals surface area contributed by atoms with E-state index >= 15 is 0 Å². The molecule has 1 saturated carbocycles. The molecule has 2 aromatic heterocycles. The largest absolute Gasteiger partial charge is 0.391 e. The number of hydrogen-bond acceptors (Lipinski definition) is 5. The lowest BCUT2D eigenvalue weighted by Crippen LogP contribution is -2.45. The fourth-order valence-electron chi connectivity index (χ4n) is 4.10. The maximum atomic E-state index is 10.9. The van der Waals surface area contributed by atoms with Crippen molar-refractivity contribution in [1.29, 1.82) is 0 Å². The van der Waals surface area contributed by atoms with Crippen LogP contribution >= 0.6 is 11.3 Å². The van der Waals surface area contributed by atoms with Gasteiger partial charge in [0.15, 0.2) is 0 Å². The molecule has 0 amide bonds.